The maximum Gasteiger partial charge on any atom is 0.283 e. The molecule has 0 spiro atoms. The molecule has 1 N–H and O–H groups in total. The topological polar surface area (TPSA) is 85.1 Å². The largest absolute Gasteiger partial charge is 0.297 e. The van der Waals surface area contributed by atoms with Gasteiger partial charge in [0.2, 0.25) is 0 Å². The number of nitro groups is 1. The van der Waals surface area contributed by atoms with Gasteiger partial charge in [-0.15, -0.1) is 11.3 Å². The van der Waals surface area contributed by atoms with Gasteiger partial charge in [-0.2, -0.15) is 0 Å². The number of thiazole rings is 1. The number of thiophene rings is 1. The average Bonchev–Trinajstić information content (AvgIpc) is 3.01. The highest BCUT2D eigenvalue weighted by Crippen LogP contribution is 2.31. The molecule has 0 aliphatic carbocycles. The van der Waals surface area contributed by atoms with Crippen molar-refractivity contribution in [3.05, 3.63) is 49.2 Å². The van der Waals surface area contributed by atoms with E-state index in [-0.39, 0.29) is 10.6 Å². The Hall–Kier alpha value is -2.03. The zero-order chi connectivity index (χ0) is 15.9. The molecule has 22 heavy (non-hydrogen) atoms. The van der Waals surface area contributed by atoms with Crippen LogP contribution in [0, 0.1) is 17.0 Å². The minimum Gasteiger partial charge on any atom is -0.297 e. The molecular weight excluding hydrogens is 346 g/mol. The Morgan fingerprint density at radius 2 is 2.14 bits per heavy atom. The molecule has 0 radical (unpaired) electrons. The first-order valence-electron chi connectivity index (χ1n) is 6.06. The van der Waals surface area contributed by atoms with Gasteiger partial charge in [0.1, 0.15) is 0 Å². The molecule has 0 unspecified atom stereocenters. The predicted octanol–water partition coefficient (Wildman–Crippen LogP) is 4.48. The molecule has 0 saturated heterocycles. The molecule has 3 aromatic rings. The first kappa shape index (κ1) is 14.9. The number of anilines is 1. The minimum absolute atomic E-state index is 0.0498. The van der Waals surface area contributed by atoms with Crippen LogP contribution in [0.2, 0.25) is 5.02 Å². The SMILES string of the molecule is Cc1sc(C(=O)Nc2nc3ccc(Cl)cc3s2)cc1[N+](=O)[O-]. The Bertz CT molecular complexity index is 903. The lowest BCUT2D eigenvalue weighted by Gasteiger charge is -1.96. The first-order valence-corrected chi connectivity index (χ1v) is 8.07. The molecule has 2 aromatic heterocycles. The van der Waals surface area contributed by atoms with Crippen molar-refractivity contribution in [2.75, 3.05) is 5.32 Å². The van der Waals surface area contributed by atoms with E-state index >= 15 is 0 Å². The molecule has 0 aliphatic rings. The van der Waals surface area contributed by atoms with Crippen LogP contribution in [0.15, 0.2) is 24.3 Å². The smallest absolute Gasteiger partial charge is 0.283 e. The number of carbonyl (C=O) groups excluding carboxylic acids is 1. The quantitative estimate of drug-likeness (QED) is 0.555. The Balaban J connectivity index is 1.86. The molecule has 9 heteroatoms. The van der Waals surface area contributed by atoms with E-state index in [9.17, 15) is 14.9 Å². The summed E-state index contributed by atoms with van der Waals surface area (Å²) >= 11 is 8.29. The van der Waals surface area contributed by atoms with E-state index in [1.807, 2.05) is 0 Å². The van der Waals surface area contributed by atoms with Gasteiger partial charge in [-0.3, -0.25) is 20.2 Å². The molecule has 1 aromatic carbocycles. The summed E-state index contributed by atoms with van der Waals surface area (Å²) in [5, 5.41) is 14.5. The van der Waals surface area contributed by atoms with E-state index in [1.165, 1.54) is 17.4 Å². The van der Waals surface area contributed by atoms with Crippen LogP contribution in [-0.2, 0) is 0 Å². The van der Waals surface area contributed by atoms with Gasteiger partial charge in [-0.25, -0.2) is 4.98 Å². The fourth-order valence-electron chi connectivity index (χ4n) is 1.88. The number of carbonyl (C=O) groups is 1. The van der Waals surface area contributed by atoms with Gasteiger partial charge >= 0.3 is 0 Å². The third-order valence-corrected chi connectivity index (χ3v) is 5.09. The van der Waals surface area contributed by atoms with Crippen LogP contribution < -0.4 is 5.32 Å². The lowest BCUT2D eigenvalue weighted by molar-refractivity contribution is -0.385. The maximum absolute atomic E-state index is 12.2. The van der Waals surface area contributed by atoms with Crippen LogP contribution in [0.1, 0.15) is 14.5 Å². The van der Waals surface area contributed by atoms with E-state index in [0.29, 0.717) is 15.0 Å². The number of nitrogens with zero attached hydrogens (tertiary/aromatic N) is 2. The van der Waals surface area contributed by atoms with E-state index < -0.39 is 10.8 Å². The van der Waals surface area contributed by atoms with Crippen molar-refractivity contribution in [3.8, 4) is 0 Å². The minimum atomic E-state index is -0.498. The van der Waals surface area contributed by atoms with Crippen molar-refractivity contribution in [1.29, 1.82) is 0 Å². The molecule has 0 fully saturated rings. The summed E-state index contributed by atoms with van der Waals surface area (Å²) in [7, 11) is 0. The monoisotopic (exact) mass is 353 g/mol. The van der Waals surface area contributed by atoms with Crippen molar-refractivity contribution in [1.82, 2.24) is 4.98 Å². The van der Waals surface area contributed by atoms with Crippen molar-refractivity contribution >= 4 is 61.2 Å². The number of amides is 1. The van der Waals surface area contributed by atoms with Gasteiger partial charge in [0.25, 0.3) is 11.6 Å². The number of aryl methyl sites for hydroxylation is 1. The molecule has 0 saturated carbocycles. The van der Waals surface area contributed by atoms with Gasteiger partial charge in [-0.05, 0) is 25.1 Å². The summed E-state index contributed by atoms with van der Waals surface area (Å²) < 4.78 is 0.858. The molecule has 0 aliphatic heterocycles. The summed E-state index contributed by atoms with van der Waals surface area (Å²) in [5.41, 5.74) is 0.685. The zero-order valence-corrected chi connectivity index (χ0v) is 13.5. The summed E-state index contributed by atoms with van der Waals surface area (Å²) in [6.07, 6.45) is 0. The highest BCUT2D eigenvalue weighted by molar-refractivity contribution is 7.22. The second-order valence-electron chi connectivity index (χ2n) is 4.39. The summed E-state index contributed by atoms with van der Waals surface area (Å²) in [5.74, 6) is -0.411. The van der Waals surface area contributed by atoms with E-state index in [2.05, 4.69) is 10.3 Å². The van der Waals surface area contributed by atoms with Crippen LogP contribution >= 0.6 is 34.3 Å². The predicted molar refractivity (Wildman–Crippen MR) is 88.3 cm³/mol. The fourth-order valence-corrected chi connectivity index (χ4v) is 3.90. The Morgan fingerprint density at radius 3 is 2.82 bits per heavy atom. The standard InChI is InChI=1S/C13H8ClN3O3S2/c1-6-9(17(19)20)5-11(21-6)12(18)16-13-15-8-3-2-7(14)4-10(8)22-13/h2-5H,1H3,(H,15,16,18). The van der Waals surface area contributed by atoms with E-state index in [0.717, 1.165) is 21.6 Å². The Kier molecular flexibility index (Phi) is 3.81. The van der Waals surface area contributed by atoms with Gasteiger partial charge in [0, 0.05) is 11.1 Å². The summed E-state index contributed by atoms with van der Waals surface area (Å²) in [4.78, 5) is 27.5. The maximum atomic E-state index is 12.2. The molecule has 3 rings (SSSR count). The third kappa shape index (κ3) is 2.80. The molecule has 0 bridgehead atoms. The van der Waals surface area contributed by atoms with E-state index in [4.69, 9.17) is 11.6 Å². The van der Waals surface area contributed by atoms with E-state index in [1.54, 1.807) is 25.1 Å². The molecular formula is C13H8ClN3O3S2. The summed E-state index contributed by atoms with van der Waals surface area (Å²) in [6.45, 7) is 1.61. The number of hydrogen-bond acceptors (Lipinski definition) is 6. The van der Waals surface area contributed by atoms with Crippen LogP contribution in [0.4, 0.5) is 10.8 Å². The Labute approximate surface area is 137 Å². The van der Waals surface area contributed by atoms with Crippen molar-refractivity contribution < 1.29 is 9.72 Å². The van der Waals surface area contributed by atoms with Crippen molar-refractivity contribution in [2.24, 2.45) is 0 Å². The lowest BCUT2D eigenvalue weighted by Crippen LogP contribution is -2.09. The molecule has 112 valence electrons. The molecule has 6 nitrogen and oxygen atoms in total. The highest BCUT2D eigenvalue weighted by atomic mass is 35.5. The fraction of sp³-hybridized carbons (Fsp3) is 0.0769. The number of halogens is 1. The molecule has 2 heterocycles. The normalized spacial score (nSPS) is 10.8. The average molecular weight is 354 g/mol. The number of fused-ring (bicyclic) bond motifs is 1. The zero-order valence-electron chi connectivity index (χ0n) is 11.1. The lowest BCUT2D eigenvalue weighted by atomic mass is 10.3. The van der Waals surface area contributed by atoms with Gasteiger partial charge in [0.15, 0.2) is 5.13 Å². The molecule has 0 atom stereocenters. The van der Waals surface area contributed by atoms with Crippen molar-refractivity contribution in [2.45, 2.75) is 6.92 Å². The molecule has 1 amide bonds. The van der Waals surface area contributed by atoms with Gasteiger partial charge in [0.05, 0.1) is 24.9 Å². The van der Waals surface area contributed by atoms with Crippen LogP contribution in [0.25, 0.3) is 10.2 Å². The number of rotatable bonds is 3. The van der Waals surface area contributed by atoms with Crippen molar-refractivity contribution in [3.63, 3.8) is 0 Å². The second-order valence-corrected chi connectivity index (χ2v) is 7.12. The Morgan fingerprint density at radius 1 is 1.36 bits per heavy atom. The second kappa shape index (κ2) is 5.64. The number of aromatic nitrogens is 1. The van der Waals surface area contributed by atoms with Crippen LogP contribution in [0.5, 0.6) is 0 Å². The number of hydrogen-bond donors (Lipinski definition) is 1. The first-order chi connectivity index (χ1) is 10.4. The summed E-state index contributed by atoms with van der Waals surface area (Å²) in [6, 6.07) is 6.54. The van der Waals surface area contributed by atoms with Crippen LogP contribution in [-0.4, -0.2) is 15.8 Å². The third-order valence-electron chi connectivity index (χ3n) is 2.88. The highest BCUT2D eigenvalue weighted by Gasteiger charge is 2.20. The van der Waals surface area contributed by atoms with Gasteiger partial charge in [-0.1, -0.05) is 22.9 Å². The van der Waals surface area contributed by atoms with Gasteiger partial charge < -0.3 is 0 Å². The van der Waals surface area contributed by atoms with Crippen LogP contribution in [0.3, 0.4) is 0 Å². The number of nitrogens with one attached hydrogen (secondary N) is 1. The number of benzene rings is 1.